The fourth-order valence-corrected chi connectivity index (χ4v) is 4.65. The summed E-state index contributed by atoms with van der Waals surface area (Å²) in [6.45, 7) is 1.89. The molecule has 0 aromatic heterocycles. The van der Waals surface area contributed by atoms with E-state index < -0.39 is 46.0 Å². The van der Waals surface area contributed by atoms with Crippen molar-refractivity contribution in [1.29, 1.82) is 0 Å². The van der Waals surface area contributed by atoms with Crippen LogP contribution >= 0.6 is 0 Å². The lowest BCUT2D eigenvalue weighted by atomic mass is 9.81. The number of rotatable bonds is 6. The van der Waals surface area contributed by atoms with Crippen molar-refractivity contribution in [2.75, 3.05) is 7.11 Å². The maximum absolute atomic E-state index is 15.0. The fraction of sp³-hybridized carbons (Fsp3) is 0.286. The van der Waals surface area contributed by atoms with Crippen molar-refractivity contribution in [3.05, 3.63) is 94.1 Å². The van der Waals surface area contributed by atoms with E-state index in [2.05, 4.69) is 0 Å². The Morgan fingerprint density at radius 1 is 0.743 bits per heavy atom. The van der Waals surface area contributed by atoms with Crippen LogP contribution in [0.1, 0.15) is 55.2 Å². The topological polar surface area (TPSA) is 9.23 Å². The first-order valence-corrected chi connectivity index (χ1v) is 11.4. The first-order valence-electron chi connectivity index (χ1n) is 11.4. The fourth-order valence-electron chi connectivity index (χ4n) is 4.65. The lowest BCUT2D eigenvalue weighted by Gasteiger charge is -2.24. The monoisotopic (exact) mass is 490 g/mol. The van der Waals surface area contributed by atoms with Gasteiger partial charge in [0.05, 0.1) is 7.11 Å². The molecule has 0 heterocycles. The minimum absolute atomic E-state index is 0.00374. The van der Waals surface area contributed by atoms with Crippen LogP contribution in [0.15, 0.2) is 42.5 Å². The molecule has 1 atom stereocenters. The molecular formula is C28H24F6O. The van der Waals surface area contributed by atoms with Crippen molar-refractivity contribution in [3.63, 3.8) is 0 Å². The maximum atomic E-state index is 15.0. The summed E-state index contributed by atoms with van der Waals surface area (Å²) in [5.74, 6) is -7.42. The van der Waals surface area contributed by atoms with Gasteiger partial charge in [0.2, 0.25) is 5.82 Å². The average molecular weight is 490 g/mol. The standard InChI is InChI=1S/C28H24F6O/c1-3-4-17-9-10-18(24(30)23(17)29)15-5-7-16(8-6-15)19-11-12-20(26(32)25(19)31)21-13-14-22(35-2)28(34)27(21)33/h7,9-15H,3-6,8H2,1-2H3. The predicted octanol–water partition coefficient (Wildman–Crippen LogP) is 8.50. The summed E-state index contributed by atoms with van der Waals surface area (Å²) in [6.07, 6.45) is 3.93. The summed E-state index contributed by atoms with van der Waals surface area (Å²) in [6, 6.07) is 7.99. The minimum Gasteiger partial charge on any atom is -0.494 e. The van der Waals surface area contributed by atoms with Crippen LogP contribution in [0.5, 0.6) is 5.75 Å². The van der Waals surface area contributed by atoms with E-state index in [-0.39, 0.29) is 22.8 Å². The van der Waals surface area contributed by atoms with Gasteiger partial charge in [-0.05, 0) is 60.4 Å². The van der Waals surface area contributed by atoms with Gasteiger partial charge in [0, 0.05) is 16.7 Å². The summed E-state index contributed by atoms with van der Waals surface area (Å²) in [7, 11) is 1.17. The van der Waals surface area contributed by atoms with Gasteiger partial charge < -0.3 is 4.74 Å². The lowest BCUT2D eigenvalue weighted by molar-refractivity contribution is 0.372. The Bertz CT molecular complexity index is 1300. The number of halogens is 6. The molecule has 4 rings (SSSR count). The Hall–Kier alpha value is -3.22. The third-order valence-corrected chi connectivity index (χ3v) is 6.55. The number of hydrogen-bond donors (Lipinski definition) is 0. The molecule has 1 aliphatic carbocycles. The van der Waals surface area contributed by atoms with Crippen molar-refractivity contribution < 1.29 is 31.1 Å². The van der Waals surface area contributed by atoms with E-state index in [9.17, 15) is 26.3 Å². The number of allylic oxidation sites excluding steroid dienone is 2. The van der Waals surface area contributed by atoms with Crippen molar-refractivity contribution in [2.24, 2.45) is 0 Å². The number of aryl methyl sites for hydroxylation is 1. The molecule has 0 spiro atoms. The van der Waals surface area contributed by atoms with Gasteiger partial charge >= 0.3 is 0 Å². The molecule has 0 amide bonds. The molecule has 7 heteroatoms. The molecule has 0 saturated heterocycles. The first kappa shape index (κ1) is 24.9. The zero-order chi connectivity index (χ0) is 25.3. The van der Waals surface area contributed by atoms with Crippen LogP contribution in [-0.2, 0) is 6.42 Å². The number of ether oxygens (including phenoxy) is 1. The molecule has 0 saturated carbocycles. The largest absolute Gasteiger partial charge is 0.494 e. The van der Waals surface area contributed by atoms with Crippen molar-refractivity contribution in [1.82, 2.24) is 0 Å². The van der Waals surface area contributed by atoms with Crippen LogP contribution < -0.4 is 4.74 Å². The summed E-state index contributed by atoms with van der Waals surface area (Å²) < 4.78 is 92.1. The first-order chi connectivity index (χ1) is 16.8. The van der Waals surface area contributed by atoms with E-state index in [0.29, 0.717) is 43.2 Å². The molecule has 1 aliphatic rings. The molecule has 0 N–H and O–H groups in total. The summed E-state index contributed by atoms with van der Waals surface area (Å²) in [5, 5.41) is 0. The van der Waals surface area contributed by atoms with Gasteiger partial charge in [0.15, 0.2) is 34.8 Å². The van der Waals surface area contributed by atoms with Crippen LogP contribution in [0.3, 0.4) is 0 Å². The van der Waals surface area contributed by atoms with E-state index in [4.69, 9.17) is 4.74 Å². The number of benzene rings is 3. The van der Waals surface area contributed by atoms with Gasteiger partial charge in [-0.3, -0.25) is 0 Å². The molecule has 3 aromatic carbocycles. The van der Waals surface area contributed by atoms with Crippen LogP contribution in [-0.4, -0.2) is 7.11 Å². The zero-order valence-corrected chi connectivity index (χ0v) is 19.3. The van der Waals surface area contributed by atoms with Crippen molar-refractivity contribution in [2.45, 2.75) is 44.9 Å². The van der Waals surface area contributed by atoms with Gasteiger partial charge in [-0.25, -0.2) is 22.0 Å². The average Bonchev–Trinajstić information content (AvgIpc) is 2.86. The minimum atomic E-state index is -1.34. The van der Waals surface area contributed by atoms with Crippen molar-refractivity contribution >= 4 is 5.57 Å². The zero-order valence-electron chi connectivity index (χ0n) is 19.3. The molecule has 0 bridgehead atoms. The second-order valence-corrected chi connectivity index (χ2v) is 8.62. The summed E-state index contributed by atoms with van der Waals surface area (Å²) in [5.41, 5.74) is 0.304. The molecule has 1 nitrogen and oxygen atoms in total. The second kappa shape index (κ2) is 10.2. The molecule has 1 unspecified atom stereocenters. The Balaban J connectivity index is 1.61. The third-order valence-electron chi connectivity index (χ3n) is 6.55. The normalized spacial score (nSPS) is 15.8. The molecule has 0 aliphatic heterocycles. The summed E-state index contributed by atoms with van der Waals surface area (Å²) >= 11 is 0. The van der Waals surface area contributed by atoms with E-state index in [1.165, 1.54) is 19.2 Å². The maximum Gasteiger partial charge on any atom is 0.201 e. The van der Waals surface area contributed by atoms with Crippen LogP contribution in [0.4, 0.5) is 26.3 Å². The highest BCUT2D eigenvalue weighted by atomic mass is 19.2. The predicted molar refractivity (Wildman–Crippen MR) is 123 cm³/mol. The Kier molecular flexibility index (Phi) is 7.24. The highest BCUT2D eigenvalue weighted by Gasteiger charge is 2.26. The smallest absolute Gasteiger partial charge is 0.201 e. The van der Waals surface area contributed by atoms with Gasteiger partial charge in [-0.2, -0.15) is 4.39 Å². The molecule has 0 fully saturated rings. The number of methoxy groups -OCH3 is 1. The van der Waals surface area contributed by atoms with Gasteiger partial charge in [0.1, 0.15) is 0 Å². The second-order valence-electron chi connectivity index (χ2n) is 8.62. The number of hydrogen-bond acceptors (Lipinski definition) is 1. The highest BCUT2D eigenvalue weighted by molar-refractivity contribution is 5.73. The van der Waals surface area contributed by atoms with Gasteiger partial charge in [-0.15, -0.1) is 0 Å². The molecular weight excluding hydrogens is 466 g/mol. The van der Waals surface area contributed by atoms with Crippen molar-refractivity contribution in [3.8, 4) is 16.9 Å². The van der Waals surface area contributed by atoms with E-state index in [1.807, 2.05) is 6.92 Å². The van der Waals surface area contributed by atoms with Gasteiger partial charge in [-0.1, -0.05) is 43.7 Å². The van der Waals surface area contributed by atoms with Gasteiger partial charge in [0.25, 0.3) is 0 Å². The Morgan fingerprint density at radius 2 is 1.37 bits per heavy atom. The van der Waals surface area contributed by atoms with Crippen LogP contribution in [0, 0.1) is 34.9 Å². The van der Waals surface area contributed by atoms with E-state index in [1.54, 1.807) is 18.2 Å². The molecule has 0 radical (unpaired) electrons. The molecule has 35 heavy (non-hydrogen) atoms. The lowest BCUT2D eigenvalue weighted by Crippen LogP contribution is -2.09. The SMILES string of the molecule is CCCc1ccc(C2CC=C(c3ccc(-c4ccc(OC)c(F)c4F)c(F)c3F)CC2)c(F)c1F. The molecule has 3 aromatic rings. The quantitative estimate of drug-likeness (QED) is 0.315. The Labute approximate surface area is 200 Å². The molecule has 184 valence electrons. The highest BCUT2D eigenvalue weighted by Crippen LogP contribution is 2.40. The van der Waals surface area contributed by atoms with Crippen LogP contribution in [0.2, 0.25) is 0 Å². The Morgan fingerprint density at radius 3 is 2.00 bits per heavy atom. The third kappa shape index (κ3) is 4.56. The van der Waals surface area contributed by atoms with Crippen LogP contribution in [0.25, 0.3) is 16.7 Å². The van der Waals surface area contributed by atoms with E-state index in [0.717, 1.165) is 12.1 Å². The van der Waals surface area contributed by atoms with E-state index >= 15 is 0 Å². The summed E-state index contributed by atoms with van der Waals surface area (Å²) in [4.78, 5) is 0.